The molecule has 9 heteroatoms. The number of carbonyl (C=O) groups is 3. The Morgan fingerprint density at radius 1 is 0.971 bits per heavy atom. The Kier molecular flexibility index (Phi) is 8.13. The largest absolute Gasteiger partial charge is 0.496 e. The van der Waals surface area contributed by atoms with Crippen molar-refractivity contribution in [2.75, 3.05) is 20.3 Å². The summed E-state index contributed by atoms with van der Waals surface area (Å²) in [5.41, 5.74) is 2.35. The number of hydrogen-bond donors (Lipinski definition) is 2. The third-order valence-electron chi connectivity index (χ3n) is 5.17. The van der Waals surface area contributed by atoms with Gasteiger partial charge in [0, 0.05) is 11.3 Å². The predicted molar refractivity (Wildman–Crippen MR) is 123 cm³/mol. The molecular weight excluding hydrogens is 440 g/mol. The number of benzene rings is 2. The number of allylic oxidation sites excluding steroid dienone is 1. The molecule has 1 heterocycles. The SMILES string of the molecule is CCOC(=O)C1=C(C)NC(=O)NC1c1ccc(OC)c(COc2ccccc2C(=O)OCC)c1. The van der Waals surface area contributed by atoms with E-state index in [4.69, 9.17) is 18.9 Å². The molecule has 2 aromatic rings. The van der Waals surface area contributed by atoms with Crippen LogP contribution >= 0.6 is 0 Å². The van der Waals surface area contributed by atoms with Crippen molar-refractivity contribution in [2.24, 2.45) is 0 Å². The van der Waals surface area contributed by atoms with E-state index in [1.807, 2.05) is 0 Å². The maximum atomic E-state index is 12.6. The van der Waals surface area contributed by atoms with Gasteiger partial charge in [0.1, 0.15) is 23.7 Å². The van der Waals surface area contributed by atoms with Gasteiger partial charge >= 0.3 is 18.0 Å². The van der Waals surface area contributed by atoms with Crippen molar-refractivity contribution in [3.63, 3.8) is 0 Å². The molecule has 0 saturated heterocycles. The number of methoxy groups -OCH3 is 1. The first kappa shape index (κ1) is 24.6. The molecule has 0 aromatic heterocycles. The molecule has 0 fully saturated rings. The molecule has 3 rings (SSSR count). The van der Waals surface area contributed by atoms with Gasteiger partial charge in [-0.25, -0.2) is 14.4 Å². The van der Waals surface area contributed by atoms with E-state index in [1.165, 1.54) is 7.11 Å². The Hall–Kier alpha value is -4.01. The molecule has 1 atom stereocenters. The average Bonchev–Trinajstić information content (AvgIpc) is 2.82. The van der Waals surface area contributed by atoms with Gasteiger partial charge in [-0.05, 0) is 50.6 Å². The van der Waals surface area contributed by atoms with Crippen molar-refractivity contribution in [3.8, 4) is 11.5 Å². The second-order valence-corrected chi connectivity index (χ2v) is 7.37. The molecule has 2 aromatic carbocycles. The second kappa shape index (κ2) is 11.2. The van der Waals surface area contributed by atoms with Gasteiger partial charge in [0.25, 0.3) is 0 Å². The summed E-state index contributed by atoms with van der Waals surface area (Å²) >= 11 is 0. The first-order valence-corrected chi connectivity index (χ1v) is 10.9. The van der Waals surface area contributed by atoms with Crippen LogP contribution in [0.2, 0.25) is 0 Å². The van der Waals surface area contributed by atoms with Crippen LogP contribution in [0.4, 0.5) is 4.79 Å². The summed E-state index contributed by atoms with van der Waals surface area (Å²) < 4.78 is 21.7. The van der Waals surface area contributed by atoms with Gasteiger partial charge in [0.05, 0.1) is 31.9 Å². The number of rotatable bonds is 9. The zero-order chi connectivity index (χ0) is 24.7. The molecule has 1 aliphatic rings. The minimum atomic E-state index is -0.718. The van der Waals surface area contributed by atoms with Crippen LogP contribution in [-0.2, 0) is 20.9 Å². The molecule has 0 spiro atoms. The van der Waals surface area contributed by atoms with E-state index in [0.29, 0.717) is 39.5 Å². The number of hydrogen-bond acceptors (Lipinski definition) is 7. The van der Waals surface area contributed by atoms with Gasteiger partial charge < -0.3 is 29.6 Å². The van der Waals surface area contributed by atoms with Gasteiger partial charge in [-0.2, -0.15) is 0 Å². The third kappa shape index (κ3) is 5.48. The van der Waals surface area contributed by atoms with E-state index in [0.717, 1.165) is 0 Å². The van der Waals surface area contributed by atoms with Crippen molar-refractivity contribution >= 4 is 18.0 Å². The van der Waals surface area contributed by atoms with Crippen LogP contribution in [0.3, 0.4) is 0 Å². The first-order valence-electron chi connectivity index (χ1n) is 10.9. The van der Waals surface area contributed by atoms with E-state index in [2.05, 4.69) is 10.6 Å². The zero-order valence-corrected chi connectivity index (χ0v) is 19.6. The predicted octanol–water partition coefficient (Wildman–Crippen LogP) is 3.64. The van der Waals surface area contributed by atoms with E-state index in [1.54, 1.807) is 63.2 Å². The summed E-state index contributed by atoms with van der Waals surface area (Å²) in [5.74, 6) is -0.0760. The lowest BCUT2D eigenvalue weighted by molar-refractivity contribution is -0.139. The van der Waals surface area contributed by atoms with Crippen LogP contribution in [0.1, 0.15) is 48.3 Å². The van der Waals surface area contributed by atoms with Crippen LogP contribution in [0, 0.1) is 0 Å². The molecule has 0 saturated carbocycles. The standard InChI is InChI=1S/C25H28N2O7/c1-5-32-23(28)18-9-7-8-10-20(18)34-14-17-13-16(11-12-19(17)31-4)22-21(24(29)33-6-2)15(3)26-25(30)27-22/h7-13,22H,5-6,14H2,1-4H3,(H2,26,27,30). The summed E-state index contributed by atoms with van der Waals surface area (Å²) in [4.78, 5) is 37.0. The molecule has 1 aliphatic heterocycles. The Morgan fingerprint density at radius 3 is 2.38 bits per heavy atom. The summed E-state index contributed by atoms with van der Waals surface area (Å²) in [6.07, 6.45) is 0. The highest BCUT2D eigenvalue weighted by Gasteiger charge is 2.32. The van der Waals surface area contributed by atoms with Gasteiger partial charge in [0.15, 0.2) is 0 Å². The third-order valence-corrected chi connectivity index (χ3v) is 5.17. The summed E-state index contributed by atoms with van der Waals surface area (Å²) in [5, 5.41) is 5.39. The molecular formula is C25H28N2O7. The Bertz CT molecular complexity index is 1110. The van der Waals surface area contributed by atoms with Crippen LogP contribution in [0.15, 0.2) is 53.7 Å². The normalized spacial score (nSPS) is 15.2. The molecule has 180 valence electrons. The minimum Gasteiger partial charge on any atom is -0.496 e. The number of carbonyl (C=O) groups excluding carboxylic acids is 3. The van der Waals surface area contributed by atoms with E-state index < -0.39 is 24.0 Å². The van der Waals surface area contributed by atoms with Crippen LogP contribution in [0.25, 0.3) is 0 Å². The Balaban J connectivity index is 1.92. The van der Waals surface area contributed by atoms with Crippen molar-refractivity contribution in [1.82, 2.24) is 10.6 Å². The zero-order valence-electron chi connectivity index (χ0n) is 19.6. The topological polar surface area (TPSA) is 112 Å². The number of ether oxygens (including phenoxy) is 4. The first-order chi connectivity index (χ1) is 16.4. The Morgan fingerprint density at radius 2 is 1.68 bits per heavy atom. The maximum absolute atomic E-state index is 12.6. The van der Waals surface area contributed by atoms with Gasteiger partial charge in [0.2, 0.25) is 0 Å². The van der Waals surface area contributed by atoms with Gasteiger partial charge in [-0.1, -0.05) is 18.2 Å². The molecule has 9 nitrogen and oxygen atoms in total. The molecule has 2 N–H and O–H groups in total. The fourth-order valence-corrected chi connectivity index (χ4v) is 3.64. The number of nitrogens with one attached hydrogen (secondary N) is 2. The molecule has 2 amide bonds. The van der Waals surface area contributed by atoms with E-state index >= 15 is 0 Å². The molecule has 0 aliphatic carbocycles. The monoisotopic (exact) mass is 468 g/mol. The van der Waals surface area contributed by atoms with Crippen molar-refractivity contribution < 1.29 is 33.3 Å². The number of esters is 2. The molecule has 34 heavy (non-hydrogen) atoms. The van der Waals surface area contributed by atoms with Gasteiger partial charge in [-0.3, -0.25) is 0 Å². The average molecular weight is 469 g/mol. The quantitative estimate of drug-likeness (QED) is 0.540. The fraction of sp³-hybridized carbons (Fsp3) is 0.320. The van der Waals surface area contributed by atoms with Crippen molar-refractivity contribution in [3.05, 3.63) is 70.4 Å². The molecule has 0 bridgehead atoms. The lowest BCUT2D eigenvalue weighted by Crippen LogP contribution is -2.45. The molecule has 1 unspecified atom stereocenters. The summed E-state index contributed by atoms with van der Waals surface area (Å²) in [7, 11) is 1.53. The maximum Gasteiger partial charge on any atom is 0.341 e. The van der Waals surface area contributed by atoms with Crippen LogP contribution in [0.5, 0.6) is 11.5 Å². The highest BCUT2D eigenvalue weighted by molar-refractivity contribution is 5.95. The second-order valence-electron chi connectivity index (χ2n) is 7.37. The fourth-order valence-electron chi connectivity index (χ4n) is 3.64. The van der Waals surface area contributed by atoms with Crippen LogP contribution < -0.4 is 20.1 Å². The number of amides is 2. The smallest absolute Gasteiger partial charge is 0.341 e. The van der Waals surface area contributed by atoms with E-state index in [-0.39, 0.29) is 19.8 Å². The van der Waals surface area contributed by atoms with Crippen molar-refractivity contribution in [1.29, 1.82) is 0 Å². The van der Waals surface area contributed by atoms with E-state index in [9.17, 15) is 14.4 Å². The van der Waals surface area contributed by atoms with Crippen molar-refractivity contribution in [2.45, 2.75) is 33.4 Å². The highest BCUT2D eigenvalue weighted by Crippen LogP contribution is 2.32. The van der Waals surface area contributed by atoms with Gasteiger partial charge in [-0.15, -0.1) is 0 Å². The number of urea groups is 1. The minimum absolute atomic E-state index is 0.0732. The highest BCUT2D eigenvalue weighted by atomic mass is 16.5. The Labute approximate surface area is 198 Å². The lowest BCUT2D eigenvalue weighted by atomic mass is 9.94. The number of para-hydroxylation sites is 1. The summed E-state index contributed by atoms with van der Waals surface area (Å²) in [6, 6.07) is 10.9. The summed E-state index contributed by atoms with van der Waals surface area (Å²) in [6.45, 7) is 5.63. The lowest BCUT2D eigenvalue weighted by Gasteiger charge is -2.28. The molecule has 0 radical (unpaired) electrons. The van der Waals surface area contributed by atoms with Crippen LogP contribution in [-0.4, -0.2) is 38.3 Å².